The fourth-order valence-electron chi connectivity index (χ4n) is 2.22. The molecule has 0 atom stereocenters. The van der Waals surface area contributed by atoms with Crippen molar-refractivity contribution in [3.63, 3.8) is 0 Å². The normalized spacial score (nSPS) is 13.6. The van der Waals surface area contributed by atoms with Crippen LogP contribution in [-0.2, 0) is 12.8 Å². The van der Waals surface area contributed by atoms with Gasteiger partial charge in [-0.2, -0.15) is 0 Å². The maximum atomic E-state index is 11.9. The van der Waals surface area contributed by atoms with Crippen LogP contribution >= 0.6 is 0 Å². The summed E-state index contributed by atoms with van der Waals surface area (Å²) in [6.45, 7) is 0. The molecule has 0 saturated carbocycles. The Bertz CT molecular complexity index is 614. The van der Waals surface area contributed by atoms with Crippen LogP contribution in [0.25, 0.3) is 11.4 Å². The van der Waals surface area contributed by atoms with Crippen molar-refractivity contribution in [1.29, 1.82) is 0 Å². The fraction of sp³-hybridized carbons (Fsp3) is 0.231. The summed E-state index contributed by atoms with van der Waals surface area (Å²) in [6.07, 6.45) is 2.78. The van der Waals surface area contributed by atoms with E-state index in [0.717, 1.165) is 36.1 Å². The first-order chi connectivity index (χ1) is 8.24. The number of anilines is 1. The van der Waals surface area contributed by atoms with Gasteiger partial charge in [-0.25, -0.2) is 4.98 Å². The molecule has 0 spiro atoms. The molecule has 1 aromatic carbocycles. The molecule has 0 fully saturated rings. The van der Waals surface area contributed by atoms with Crippen molar-refractivity contribution in [2.24, 2.45) is 0 Å². The largest absolute Gasteiger partial charge is 0.399 e. The van der Waals surface area contributed by atoms with Gasteiger partial charge in [0.05, 0.1) is 5.69 Å². The van der Waals surface area contributed by atoms with Crippen LogP contribution in [0.3, 0.4) is 0 Å². The predicted octanol–water partition coefficient (Wildman–Crippen LogP) is 1.51. The van der Waals surface area contributed by atoms with Crippen LogP contribution < -0.4 is 11.3 Å². The van der Waals surface area contributed by atoms with Crippen LogP contribution in [0.2, 0.25) is 0 Å². The molecule has 1 aliphatic carbocycles. The van der Waals surface area contributed by atoms with E-state index >= 15 is 0 Å². The number of hydrogen-bond donors (Lipinski definition) is 2. The fourth-order valence-corrected chi connectivity index (χ4v) is 2.22. The molecule has 1 heterocycles. The lowest BCUT2D eigenvalue weighted by Gasteiger charge is -2.04. The molecule has 0 bridgehead atoms. The summed E-state index contributed by atoms with van der Waals surface area (Å²) in [5, 5.41) is 0. The monoisotopic (exact) mass is 227 g/mol. The molecule has 86 valence electrons. The molecule has 0 unspecified atom stereocenters. The van der Waals surface area contributed by atoms with Crippen LogP contribution in [0.15, 0.2) is 29.1 Å². The van der Waals surface area contributed by atoms with Gasteiger partial charge in [-0.05, 0) is 43.5 Å². The Balaban J connectivity index is 2.13. The topological polar surface area (TPSA) is 71.8 Å². The van der Waals surface area contributed by atoms with Crippen molar-refractivity contribution < 1.29 is 0 Å². The van der Waals surface area contributed by atoms with E-state index in [1.165, 1.54) is 0 Å². The maximum absolute atomic E-state index is 11.9. The number of H-pyrrole nitrogens is 1. The lowest BCUT2D eigenvalue weighted by Crippen LogP contribution is -2.15. The highest BCUT2D eigenvalue weighted by Crippen LogP contribution is 2.20. The van der Waals surface area contributed by atoms with E-state index in [4.69, 9.17) is 5.73 Å². The van der Waals surface area contributed by atoms with E-state index in [1.54, 1.807) is 0 Å². The molecule has 1 aromatic heterocycles. The number of nitrogens with one attached hydrogen (secondary N) is 1. The number of aryl methyl sites for hydroxylation is 1. The highest BCUT2D eigenvalue weighted by molar-refractivity contribution is 5.58. The zero-order valence-electron chi connectivity index (χ0n) is 9.36. The number of nitrogens with two attached hydrogens (primary N) is 1. The van der Waals surface area contributed by atoms with Crippen molar-refractivity contribution in [2.75, 3.05) is 5.73 Å². The summed E-state index contributed by atoms with van der Waals surface area (Å²) in [7, 11) is 0. The highest BCUT2D eigenvalue weighted by atomic mass is 16.1. The molecule has 3 N–H and O–H groups in total. The smallest absolute Gasteiger partial charge is 0.254 e. The average molecular weight is 227 g/mol. The zero-order valence-corrected chi connectivity index (χ0v) is 9.36. The highest BCUT2D eigenvalue weighted by Gasteiger charge is 2.17. The molecule has 4 nitrogen and oxygen atoms in total. The standard InChI is InChI=1S/C13H13N3O/c14-9-6-4-8(5-7-9)12-15-11-3-1-2-10(11)13(17)16-12/h4-7H,1-3,14H2,(H,15,16,17). The number of rotatable bonds is 1. The molecule has 0 aliphatic heterocycles. The Hall–Kier alpha value is -2.10. The van der Waals surface area contributed by atoms with Crippen LogP contribution in [0.4, 0.5) is 5.69 Å². The second-order valence-corrected chi connectivity index (χ2v) is 4.32. The van der Waals surface area contributed by atoms with Crippen molar-refractivity contribution >= 4 is 5.69 Å². The second kappa shape index (κ2) is 3.73. The number of fused-ring (bicyclic) bond motifs is 1. The van der Waals surface area contributed by atoms with Gasteiger partial charge in [0.25, 0.3) is 5.56 Å². The van der Waals surface area contributed by atoms with E-state index in [-0.39, 0.29) is 5.56 Å². The van der Waals surface area contributed by atoms with E-state index in [1.807, 2.05) is 24.3 Å². The first kappa shape index (κ1) is 10.1. The summed E-state index contributed by atoms with van der Waals surface area (Å²) in [5.74, 6) is 0.635. The van der Waals surface area contributed by atoms with Gasteiger partial charge in [0, 0.05) is 16.8 Å². The minimum Gasteiger partial charge on any atom is -0.399 e. The van der Waals surface area contributed by atoms with Crippen molar-refractivity contribution in [3.8, 4) is 11.4 Å². The molecule has 0 saturated heterocycles. The first-order valence-electron chi connectivity index (χ1n) is 5.72. The van der Waals surface area contributed by atoms with Crippen molar-refractivity contribution in [2.45, 2.75) is 19.3 Å². The molecule has 1 aliphatic rings. The minimum atomic E-state index is -0.000625. The summed E-state index contributed by atoms with van der Waals surface area (Å²) in [5.41, 5.74) is 9.03. The van der Waals surface area contributed by atoms with Crippen molar-refractivity contribution in [1.82, 2.24) is 9.97 Å². The second-order valence-electron chi connectivity index (χ2n) is 4.32. The molecular formula is C13H13N3O. The average Bonchev–Trinajstić information content (AvgIpc) is 2.78. The quantitative estimate of drug-likeness (QED) is 0.725. The van der Waals surface area contributed by atoms with Crippen LogP contribution in [-0.4, -0.2) is 9.97 Å². The Morgan fingerprint density at radius 1 is 1.18 bits per heavy atom. The molecule has 3 rings (SSSR count). The Labute approximate surface area is 98.5 Å². The number of nitrogens with zero attached hydrogens (tertiary/aromatic N) is 1. The molecule has 2 aromatic rings. The maximum Gasteiger partial charge on any atom is 0.254 e. The number of hydrogen-bond acceptors (Lipinski definition) is 3. The van der Waals surface area contributed by atoms with E-state index < -0.39 is 0 Å². The van der Waals surface area contributed by atoms with Gasteiger partial charge >= 0.3 is 0 Å². The third kappa shape index (κ3) is 1.71. The van der Waals surface area contributed by atoms with Gasteiger partial charge in [-0.3, -0.25) is 4.79 Å². The summed E-state index contributed by atoms with van der Waals surface area (Å²) >= 11 is 0. The molecule has 0 amide bonds. The molecular weight excluding hydrogens is 214 g/mol. The Morgan fingerprint density at radius 2 is 1.94 bits per heavy atom. The first-order valence-corrected chi connectivity index (χ1v) is 5.72. The third-order valence-corrected chi connectivity index (χ3v) is 3.13. The van der Waals surface area contributed by atoms with Gasteiger partial charge in [0.15, 0.2) is 0 Å². The van der Waals surface area contributed by atoms with Gasteiger partial charge in [0.1, 0.15) is 5.82 Å². The predicted molar refractivity (Wildman–Crippen MR) is 66.7 cm³/mol. The zero-order chi connectivity index (χ0) is 11.8. The van der Waals surface area contributed by atoms with E-state index in [0.29, 0.717) is 11.5 Å². The van der Waals surface area contributed by atoms with Gasteiger partial charge in [0.2, 0.25) is 0 Å². The lowest BCUT2D eigenvalue weighted by molar-refractivity contribution is 0.899. The minimum absolute atomic E-state index is 0.000625. The van der Waals surface area contributed by atoms with Gasteiger partial charge in [-0.15, -0.1) is 0 Å². The van der Waals surface area contributed by atoms with Crippen molar-refractivity contribution in [3.05, 3.63) is 45.9 Å². The number of aromatic amines is 1. The summed E-state index contributed by atoms with van der Waals surface area (Å²) < 4.78 is 0. The lowest BCUT2D eigenvalue weighted by atomic mass is 10.2. The Morgan fingerprint density at radius 3 is 2.71 bits per heavy atom. The van der Waals surface area contributed by atoms with E-state index in [2.05, 4.69) is 9.97 Å². The number of benzene rings is 1. The van der Waals surface area contributed by atoms with Crippen LogP contribution in [0.1, 0.15) is 17.7 Å². The van der Waals surface area contributed by atoms with Crippen LogP contribution in [0, 0.1) is 0 Å². The summed E-state index contributed by atoms with van der Waals surface area (Å²) in [4.78, 5) is 19.2. The molecule has 0 radical (unpaired) electrons. The van der Waals surface area contributed by atoms with Crippen LogP contribution in [0.5, 0.6) is 0 Å². The molecule has 17 heavy (non-hydrogen) atoms. The number of nitrogen functional groups attached to an aromatic ring is 1. The number of aromatic nitrogens is 2. The SMILES string of the molecule is Nc1ccc(-c2nc3c(c(=O)[nH]2)CCC3)cc1. The summed E-state index contributed by atoms with van der Waals surface area (Å²) in [6, 6.07) is 7.36. The third-order valence-electron chi connectivity index (χ3n) is 3.13. The van der Waals surface area contributed by atoms with Gasteiger partial charge < -0.3 is 10.7 Å². The Kier molecular flexibility index (Phi) is 2.21. The molecule has 4 heteroatoms. The van der Waals surface area contributed by atoms with E-state index in [9.17, 15) is 4.79 Å². The van der Waals surface area contributed by atoms with Gasteiger partial charge in [-0.1, -0.05) is 0 Å².